The number of benzene rings is 1. The lowest BCUT2D eigenvalue weighted by molar-refractivity contribution is 0.140. The van der Waals surface area contributed by atoms with Crippen LogP contribution in [0, 0.1) is 0 Å². The minimum Gasteiger partial charge on any atom is -0.391 e. The molecule has 21 heavy (non-hydrogen) atoms. The summed E-state index contributed by atoms with van der Waals surface area (Å²) < 4.78 is 2.01. The molecule has 1 aliphatic carbocycles. The van der Waals surface area contributed by atoms with E-state index in [2.05, 4.69) is 27.4 Å². The second-order valence-corrected chi connectivity index (χ2v) is 5.38. The van der Waals surface area contributed by atoms with Crippen LogP contribution in [-0.2, 0) is 13.0 Å². The van der Waals surface area contributed by atoms with E-state index in [9.17, 15) is 5.11 Å². The van der Waals surface area contributed by atoms with E-state index in [-0.39, 0.29) is 12.1 Å². The molecule has 0 radical (unpaired) electrons. The van der Waals surface area contributed by atoms with E-state index >= 15 is 0 Å². The zero-order valence-electron chi connectivity index (χ0n) is 11.5. The maximum Gasteiger partial charge on any atom is 0.155 e. The zero-order valence-corrected chi connectivity index (χ0v) is 11.5. The molecule has 2 aromatic heterocycles. The second-order valence-electron chi connectivity index (χ2n) is 5.38. The van der Waals surface area contributed by atoms with Crippen LogP contribution in [0.4, 0.5) is 0 Å². The summed E-state index contributed by atoms with van der Waals surface area (Å²) in [6.07, 6.45) is 7.57. The standard InChI is InChI=1S/C16H16N4O/c21-14-7-11-3-1-2-4-13(11)16(14)19-9-12-8-18-15-10-17-5-6-20(12)15/h1-6,8,10,14,16,19,21H,7,9H2/t14-,16+/m1/s1. The smallest absolute Gasteiger partial charge is 0.155 e. The van der Waals surface area contributed by atoms with Crippen LogP contribution in [0.2, 0.25) is 0 Å². The fourth-order valence-electron chi connectivity index (χ4n) is 3.06. The molecule has 0 aliphatic heterocycles. The minimum atomic E-state index is -0.372. The van der Waals surface area contributed by atoms with Crippen molar-refractivity contribution >= 4 is 5.65 Å². The van der Waals surface area contributed by atoms with E-state index < -0.39 is 0 Å². The minimum absolute atomic E-state index is 0.0198. The number of rotatable bonds is 3. The van der Waals surface area contributed by atoms with Gasteiger partial charge >= 0.3 is 0 Å². The number of nitrogens with one attached hydrogen (secondary N) is 1. The van der Waals surface area contributed by atoms with Gasteiger partial charge in [0, 0.05) is 25.4 Å². The third-order valence-corrected chi connectivity index (χ3v) is 4.10. The molecule has 0 saturated carbocycles. The van der Waals surface area contributed by atoms with Crippen molar-refractivity contribution in [2.75, 3.05) is 0 Å². The maximum atomic E-state index is 10.3. The molecule has 5 heteroatoms. The van der Waals surface area contributed by atoms with Crippen molar-refractivity contribution < 1.29 is 5.11 Å². The maximum absolute atomic E-state index is 10.3. The van der Waals surface area contributed by atoms with Gasteiger partial charge in [0.1, 0.15) is 0 Å². The highest BCUT2D eigenvalue weighted by Crippen LogP contribution is 2.31. The molecule has 0 saturated heterocycles. The number of imidazole rings is 1. The van der Waals surface area contributed by atoms with Gasteiger partial charge in [-0.1, -0.05) is 24.3 Å². The molecule has 2 atom stereocenters. The van der Waals surface area contributed by atoms with Gasteiger partial charge in [0.2, 0.25) is 0 Å². The molecule has 2 heterocycles. The number of aliphatic hydroxyl groups excluding tert-OH is 1. The molecule has 0 amide bonds. The molecule has 1 aliphatic rings. The topological polar surface area (TPSA) is 62.5 Å². The molecule has 4 rings (SSSR count). The van der Waals surface area contributed by atoms with Crippen LogP contribution in [0.1, 0.15) is 22.9 Å². The summed E-state index contributed by atoms with van der Waals surface area (Å²) >= 11 is 0. The first-order valence-electron chi connectivity index (χ1n) is 7.08. The lowest BCUT2D eigenvalue weighted by atomic mass is 10.1. The van der Waals surface area contributed by atoms with Gasteiger partial charge in [-0.25, -0.2) is 4.98 Å². The molecular weight excluding hydrogens is 264 g/mol. The van der Waals surface area contributed by atoms with E-state index in [1.165, 1.54) is 11.1 Å². The summed E-state index contributed by atoms with van der Waals surface area (Å²) in [6, 6.07) is 8.19. The number of hydrogen-bond acceptors (Lipinski definition) is 4. The lowest BCUT2D eigenvalue weighted by Gasteiger charge is -2.17. The fourth-order valence-corrected chi connectivity index (χ4v) is 3.06. The number of fused-ring (bicyclic) bond motifs is 2. The molecule has 106 valence electrons. The summed E-state index contributed by atoms with van der Waals surface area (Å²) in [5, 5.41) is 13.7. The van der Waals surface area contributed by atoms with Gasteiger partial charge in [-0.15, -0.1) is 0 Å². The lowest BCUT2D eigenvalue weighted by Crippen LogP contribution is -2.28. The van der Waals surface area contributed by atoms with E-state index in [1.807, 2.05) is 28.9 Å². The number of nitrogens with zero attached hydrogens (tertiary/aromatic N) is 3. The van der Waals surface area contributed by atoms with Crippen LogP contribution >= 0.6 is 0 Å². The Kier molecular flexibility index (Phi) is 2.94. The van der Waals surface area contributed by atoms with Crippen LogP contribution < -0.4 is 5.32 Å². The molecule has 0 fully saturated rings. The molecule has 1 aromatic carbocycles. The Morgan fingerprint density at radius 3 is 3.14 bits per heavy atom. The molecular formula is C16H16N4O. The quantitative estimate of drug-likeness (QED) is 0.763. The molecule has 2 N–H and O–H groups in total. The first-order valence-corrected chi connectivity index (χ1v) is 7.08. The molecule has 0 bridgehead atoms. The molecule has 3 aromatic rings. The van der Waals surface area contributed by atoms with Gasteiger partial charge in [0.15, 0.2) is 5.65 Å². The number of hydrogen-bond donors (Lipinski definition) is 2. The summed E-state index contributed by atoms with van der Waals surface area (Å²) in [6.45, 7) is 0.654. The van der Waals surface area contributed by atoms with E-state index in [4.69, 9.17) is 0 Å². The van der Waals surface area contributed by atoms with Crippen LogP contribution in [0.25, 0.3) is 5.65 Å². The van der Waals surface area contributed by atoms with Crippen molar-refractivity contribution in [1.29, 1.82) is 0 Å². The number of aliphatic hydroxyl groups is 1. The first kappa shape index (κ1) is 12.5. The van der Waals surface area contributed by atoms with Gasteiger partial charge in [-0.2, -0.15) is 0 Å². The summed E-state index contributed by atoms with van der Waals surface area (Å²) in [4.78, 5) is 8.39. The Balaban J connectivity index is 1.57. The highest BCUT2D eigenvalue weighted by Gasteiger charge is 2.30. The Morgan fingerprint density at radius 1 is 1.29 bits per heavy atom. The Hall–Kier alpha value is -2.24. The molecule has 5 nitrogen and oxygen atoms in total. The number of aromatic nitrogens is 3. The van der Waals surface area contributed by atoms with Gasteiger partial charge in [-0.05, 0) is 11.1 Å². The van der Waals surface area contributed by atoms with Gasteiger partial charge < -0.3 is 10.4 Å². The van der Waals surface area contributed by atoms with E-state index in [0.29, 0.717) is 13.0 Å². The van der Waals surface area contributed by atoms with Gasteiger partial charge in [0.05, 0.1) is 30.2 Å². The predicted octanol–water partition coefficient (Wildman–Crippen LogP) is 1.48. The van der Waals surface area contributed by atoms with Crippen molar-refractivity contribution in [2.45, 2.75) is 25.1 Å². The fraction of sp³-hybridized carbons (Fsp3) is 0.250. The summed E-state index contributed by atoms with van der Waals surface area (Å²) in [5.41, 5.74) is 4.32. The zero-order chi connectivity index (χ0) is 14.2. The second kappa shape index (κ2) is 4.95. The van der Waals surface area contributed by atoms with E-state index in [0.717, 1.165) is 11.3 Å². The van der Waals surface area contributed by atoms with Crippen molar-refractivity contribution in [3.63, 3.8) is 0 Å². The van der Waals surface area contributed by atoms with Crippen molar-refractivity contribution in [3.8, 4) is 0 Å². The van der Waals surface area contributed by atoms with Crippen molar-refractivity contribution in [2.24, 2.45) is 0 Å². The van der Waals surface area contributed by atoms with Crippen LogP contribution in [0.3, 0.4) is 0 Å². The van der Waals surface area contributed by atoms with Gasteiger partial charge in [0.25, 0.3) is 0 Å². The van der Waals surface area contributed by atoms with E-state index in [1.54, 1.807) is 12.4 Å². The van der Waals surface area contributed by atoms with Crippen LogP contribution in [0.5, 0.6) is 0 Å². The van der Waals surface area contributed by atoms with Crippen molar-refractivity contribution in [3.05, 3.63) is 65.9 Å². The van der Waals surface area contributed by atoms with Crippen LogP contribution in [0.15, 0.2) is 49.1 Å². The molecule has 0 spiro atoms. The van der Waals surface area contributed by atoms with Gasteiger partial charge in [-0.3, -0.25) is 9.38 Å². The normalized spacial score (nSPS) is 20.8. The Bertz CT molecular complexity index is 783. The Morgan fingerprint density at radius 2 is 2.19 bits per heavy atom. The highest BCUT2D eigenvalue weighted by molar-refractivity contribution is 5.38. The highest BCUT2D eigenvalue weighted by atomic mass is 16.3. The predicted molar refractivity (Wildman–Crippen MR) is 78.7 cm³/mol. The molecule has 0 unspecified atom stereocenters. The van der Waals surface area contributed by atoms with Crippen molar-refractivity contribution in [1.82, 2.24) is 19.7 Å². The third-order valence-electron chi connectivity index (χ3n) is 4.10. The third kappa shape index (κ3) is 2.11. The summed E-state index contributed by atoms with van der Waals surface area (Å²) in [5.74, 6) is 0. The average Bonchev–Trinajstić information content (AvgIpc) is 3.06. The summed E-state index contributed by atoms with van der Waals surface area (Å²) in [7, 11) is 0. The monoisotopic (exact) mass is 280 g/mol. The van der Waals surface area contributed by atoms with Crippen LogP contribution in [-0.4, -0.2) is 25.6 Å². The SMILES string of the molecule is O[C@@H]1Cc2ccccc2[C@@H]1NCc1cnc2cnccn12. The first-order chi connectivity index (χ1) is 10.3. The Labute approximate surface area is 122 Å². The largest absolute Gasteiger partial charge is 0.391 e. The average molecular weight is 280 g/mol.